The lowest BCUT2D eigenvalue weighted by Crippen LogP contribution is -2.53. The molecule has 1 saturated heterocycles. The third kappa shape index (κ3) is 5.02. The zero-order valence-corrected chi connectivity index (χ0v) is 19.1. The number of carbonyl (C=O) groups is 3. The highest BCUT2D eigenvalue weighted by Gasteiger charge is 2.39. The Labute approximate surface area is 189 Å². The SMILES string of the molecule is C=CCN1C(=O)N[C@H](c2ccccc2C)C(C(=O)OCC)=C1CN1CCN(C(C)=O)CC1. The van der Waals surface area contributed by atoms with Crippen molar-refractivity contribution in [1.29, 1.82) is 0 Å². The minimum absolute atomic E-state index is 0.0565. The van der Waals surface area contributed by atoms with Crippen LogP contribution >= 0.6 is 0 Å². The monoisotopic (exact) mass is 440 g/mol. The molecule has 1 aromatic rings. The molecule has 172 valence electrons. The number of hydrogen-bond donors (Lipinski definition) is 1. The van der Waals surface area contributed by atoms with E-state index >= 15 is 0 Å². The minimum Gasteiger partial charge on any atom is -0.463 e. The molecule has 8 heteroatoms. The van der Waals surface area contributed by atoms with Gasteiger partial charge in [-0.3, -0.25) is 14.6 Å². The van der Waals surface area contributed by atoms with Crippen molar-refractivity contribution in [3.8, 4) is 0 Å². The van der Waals surface area contributed by atoms with Crippen molar-refractivity contribution in [1.82, 2.24) is 20.0 Å². The zero-order chi connectivity index (χ0) is 23.3. The quantitative estimate of drug-likeness (QED) is 0.519. The largest absolute Gasteiger partial charge is 0.463 e. The molecule has 32 heavy (non-hydrogen) atoms. The first-order chi connectivity index (χ1) is 15.4. The Hall–Kier alpha value is -3.13. The zero-order valence-electron chi connectivity index (χ0n) is 19.1. The van der Waals surface area contributed by atoms with Crippen molar-refractivity contribution in [3.05, 3.63) is 59.3 Å². The Morgan fingerprint density at radius 3 is 2.50 bits per heavy atom. The van der Waals surface area contributed by atoms with Crippen molar-refractivity contribution in [2.75, 3.05) is 45.9 Å². The van der Waals surface area contributed by atoms with Crippen LogP contribution in [0.15, 0.2) is 48.2 Å². The molecule has 1 N–H and O–H groups in total. The van der Waals surface area contributed by atoms with Crippen LogP contribution in [-0.4, -0.2) is 78.5 Å². The number of rotatable bonds is 7. The first kappa shape index (κ1) is 23.5. The maximum Gasteiger partial charge on any atom is 0.338 e. The number of aryl methyl sites for hydroxylation is 1. The predicted molar refractivity (Wildman–Crippen MR) is 122 cm³/mol. The average Bonchev–Trinajstić information content (AvgIpc) is 2.76. The van der Waals surface area contributed by atoms with Crippen LogP contribution < -0.4 is 5.32 Å². The van der Waals surface area contributed by atoms with E-state index in [1.807, 2.05) is 36.1 Å². The van der Waals surface area contributed by atoms with Gasteiger partial charge >= 0.3 is 12.0 Å². The molecule has 0 radical (unpaired) electrons. The number of carbonyl (C=O) groups excluding carboxylic acids is 3. The van der Waals surface area contributed by atoms with Crippen LogP contribution in [0.2, 0.25) is 0 Å². The molecule has 2 aliphatic heterocycles. The highest BCUT2D eigenvalue weighted by Crippen LogP contribution is 2.33. The van der Waals surface area contributed by atoms with Gasteiger partial charge in [0.15, 0.2) is 0 Å². The number of benzene rings is 1. The van der Waals surface area contributed by atoms with Gasteiger partial charge < -0.3 is 15.0 Å². The van der Waals surface area contributed by atoms with E-state index in [0.717, 1.165) is 11.1 Å². The molecule has 2 aliphatic rings. The summed E-state index contributed by atoms with van der Waals surface area (Å²) >= 11 is 0. The Balaban J connectivity index is 2.04. The maximum absolute atomic E-state index is 13.2. The number of hydrogen-bond acceptors (Lipinski definition) is 5. The molecule has 0 saturated carbocycles. The van der Waals surface area contributed by atoms with Gasteiger partial charge in [0.1, 0.15) is 0 Å². The summed E-state index contributed by atoms with van der Waals surface area (Å²) < 4.78 is 5.43. The standard InChI is InChI=1S/C24H32N4O4/c1-5-11-28-20(16-26-12-14-27(15-13-26)18(4)29)21(23(30)32-6-2)22(25-24(28)31)19-10-8-7-9-17(19)3/h5,7-10,22H,1,6,11-16H2,2-4H3,(H,25,31)/t22-/m1/s1. The minimum atomic E-state index is -0.600. The molecule has 0 spiro atoms. The van der Waals surface area contributed by atoms with Crippen LogP contribution in [0.1, 0.15) is 31.0 Å². The Morgan fingerprint density at radius 1 is 1.22 bits per heavy atom. The molecule has 1 atom stereocenters. The molecule has 0 bridgehead atoms. The lowest BCUT2D eigenvalue weighted by atomic mass is 9.91. The van der Waals surface area contributed by atoms with E-state index in [4.69, 9.17) is 4.74 Å². The van der Waals surface area contributed by atoms with Gasteiger partial charge in [-0.05, 0) is 25.0 Å². The Morgan fingerprint density at radius 2 is 1.91 bits per heavy atom. The molecule has 3 amide bonds. The summed E-state index contributed by atoms with van der Waals surface area (Å²) in [4.78, 5) is 43.5. The van der Waals surface area contributed by atoms with Crippen molar-refractivity contribution < 1.29 is 19.1 Å². The summed E-state index contributed by atoms with van der Waals surface area (Å²) in [6.45, 7) is 12.6. The Bertz CT molecular complexity index is 918. The molecule has 0 aromatic heterocycles. The van der Waals surface area contributed by atoms with Crippen molar-refractivity contribution in [3.63, 3.8) is 0 Å². The highest BCUT2D eigenvalue weighted by molar-refractivity contribution is 5.95. The number of esters is 1. The van der Waals surface area contributed by atoms with Gasteiger partial charge in [-0.15, -0.1) is 6.58 Å². The molecular formula is C24H32N4O4. The van der Waals surface area contributed by atoms with Gasteiger partial charge in [0.25, 0.3) is 0 Å². The first-order valence-corrected chi connectivity index (χ1v) is 11.0. The number of ether oxygens (including phenoxy) is 1. The van der Waals surface area contributed by atoms with Crippen molar-refractivity contribution in [2.24, 2.45) is 0 Å². The van der Waals surface area contributed by atoms with Gasteiger partial charge in [-0.25, -0.2) is 9.59 Å². The summed E-state index contributed by atoms with van der Waals surface area (Å²) in [5.41, 5.74) is 2.90. The topological polar surface area (TPSA) is 82.2 Å². The van der Waals surface area contributed by atoms with Gasteiger partial charge in [0.2, 0.25) is 5.91 Å². The fourth-order valence-corrected chi connectivity index (χ4v) is 4.22. The first-order valence-electron chi connectivity index (χ1n) is 11.0. The molecule has 8 nitrogen and oxygen atoms in total. The van der Waals surface area contributed by atoms with Crippen LogP contribution in [0.4, 0.5) is 4.79 Å². The van der Waals surface area contributed by atoms with Crippen LogP contribution in [0.3, 0.4) is 0 Å². The third-order valence-electron chi connectivity index (χ3n) is 5.94. The van der Waals surface area contributed by atoms with E-state index in [1.165, 1.54) is 0 Å². The van der Waals surface area contributed by atoms with E-state index in [0.29, 0.717) is 44.0 Å². The van der Waals surface area contributed by atoms with Crippen LogP contribution in [0.25, 0.3) is 0 Å². The smallest absolute Gasteiger partial charge is 0.338 e. The van der Waals surface area contributed by atoms with E-state index in [1.54, 1.807) is 24.8 Å². The van der Waals surface area contributed by atoms with E-state index in [2.05, 4.69) is 16.8 Å². The van der Waals surface area contributed by atoms with Gasteiger partial charge in [0, 0.05) is 51.9 Å². The van der Waals surface area contributed by atoms with Crippen molar-refractivity contribution in [2.45, 2.75) is 26.8 Å². The summed E-state index contributed by atoms with van der Waals surface area (Å²) in [6, 6.07) is 6.83. The number of urea groups is 1. The predicted octanol–water partition coefficient (Wildman–Crippen LogP) is 2.23. The van der Waals surface area contributed by atoms with Crippen LogP contribution in [0.5, 0.6) is 0 Å². The summed E-state index contributed by atoms with van der Waals surface area (Å²) in [5, 5.41) is 3.00. The third-order valence-corrected chi connectivity index (χ3v) is 5.94. The number of piperazine rings is 1. The van der Waals surface area contributed by atoms with Gasteiger partial charge in [-0.1, -0.05) is 30.3 Å². The van der Waals surface area contributed by atoms with Gasteiger partial charge in [-0.2, -0.15) is 0 Å². The highest BCUT2D eigenvalue weighted by atomic mass is 16.5. The summed E-state index contributed by atoms with van der Waals surface area (Å²) in [5.74, 6) is -0.381. The van der Waals surface area contributed by atoms with Crippen molar-refractivity contribution >= 4 is 17.9 Å². The maximum atomic E-state index is 13.2. The normalized spacial score (nSPS) is 19.6. The van der Waals surface area contributed by atoms with Crippen LogP contribution in [-0.2, 0) is 14.3 Å². The molecule has 3 rings (SSSR count). The molecular weight excluding hydrogens is 408 g/mol. The molecule has 0 aliphatic carbocycles. The number of nitrogens with zero attached hydrogens (tertiary/aromatic N) is 3. The second-order valence-electron chi connectivity index (χ2n) is 8.00. The van der Waals surface area contributed by atoms with E-state index in [-0.39, 0.29) is 25.1 Å². The fraction of sp³-hybridized carbons (Fsp3) is 0.458. The second kappa shape index (κ2) is 10.5. The lowest BCUT2D eigenvalue weighted by molar-refractivity contribution is -0.139. The molecule has 1 fully saturated rings. The molecule has 0 unspecified atom stereocenters. The second-order valence-corrected chi connectivity index (χ2v) is 8.00. The lowest BCUT2D eigenvalue weighted by Gasteiger charge is -2.40. The number of amides is 3. The van der Waals surface area contributed by atoms with Gasteiger partial charge in [0.05, 0.1) is 18.2 Å². The molecule has 2 heterocycles. The number of nitrogens with one attached hydrogen (secondary N) is 1. The average molecular weight is 441 g/mol. The fourth-order valence-electron chi connectivity index (χ4n) is 4.22. The summed E-state index contributed by atoms with van der Waals surface area (Å²) in [7, 11) is 0. The Kier molecular flexibility index (Phi) is 7.69. The summed E-state index contributed by atoms with van der Waals surface area (Å²) in [6.07, 6.45) is 1.64. The van der Waals surface area contributed by atoms with E-state index in [9.17, 15) is 14.4 Å². The van der Waals surface area contributed by atoms with E-state index < -0.39 is 12.0 Å². The van der Waals surface area contributed by atoms with Crippen LogP contribution in [0, 0.1) is 6.92 Å². The molecule has 1 aromatic carbocycles.